The van der Waals surface area contributed by atoms with Gasteiger partial charge in [0.15, 0.2) is 0 Å². The van der Waals surface area contributed by atoms with Crippen LogP contribution in [0.2, 0.25) is 0 Å². The van der Waals surface area contributed by atoms with Gasteiger partial charge in [-0.2, -0.15) is 0 Å². The molecule has 1 heterocycles. The number of hydrogen-bond acceptors (Lipinski definition) is 7. The topological polar surface area (TPSA) is 92.7 Å². The highest BCUT2D eigenvalue weighted by Gasteiger charge is 2.31. The van der Waals surface area contributed by atoms with Crippen molar-refractivity contribution in [2.24, 2.45) is 0 Å². The van der Waals surface area contributed by atoms with Crippen molar-refractivity contribution in [1.82, 2.24) is 10.3 Å². The zero-order valence-electron chi connectivity index (χ0n) is 16.8. The Morgan fingerprint density at radius 3 is 2.43 bits per heavy atom. The first-order chi connectivity index (χ1) is 14.1. The average molecular weight is 427 g/mol. The smallest absolute Gasteiger partial charge is 0.463 e. The summed E-state index contributed by atoms with van der Waals surface area (Å²) in [6.45, 7) is 2.99. The second-order valence-corrected chi connectivity index (χ2v) is 6.43. The number of carbonyl (C=O) groups excluding carboxylic acids is 1. The van der Waals surface area contributed by atoms with Gasteiger partial charge in [-0.05, 0) is 49.4 Å². The molecule has 3 N–H and O–H groups in total. The van der Waals surface area contributed by atoms with Crippen LogP contribution in [0.4, 0.5) is 24.7 Å². The number of aliphatic hydroxyl groups excluding tert-OH is 1. The number of nitrogens with zero attached hydrogens (tertiary/aromatic N) is 1. The zero-order valence-corrected chi connectivity index (χ0v) is 16.8. The SMILES string of the molecule is CCC(NC)c1c(C(O)COC(C)=O)ccnc1Nc1ccc(OC(F)(F)F)cc1. The summed E-state index contributed by atoms with van der Waals surface area (Å²) in [5.41, 5.74) is 1.67. The van der Waals surface area contributed by atoms with Crippen molar-refractivity contribution in [2.75, 3.05) is 19.0 Å². The Bertz CT molecular complexity index is 840. The van der Waals surface area contributed by atoms with Crippen LogP contribution in [0.1, 0.15) is 43.5 Å². The number of benzene rings is 1. The van der Waals surface area contributed by atoms with Gasteiger partial charge in [-0.25, -0.2) is 4.98 Å². The lowest BCUT2D eigenvalue weighted by Gasteiger charge is -2.24. The van der Waals surface area contributed by atoms with E-state index in [0.717, 1.165) is 0 Å². The number of aromatic nitrogens is 1. The molecule has 164 valence electrons. The number of alkyl halides is 3. The molecule has 30 heavy (non-hydrogen) atoms. The Morgan fingerprint density at radius 2 is 1.90 bits per heavy atom. The Morgan fingerprint density at radius 1 is 1.23 bits per heavy atom. The zero-order chi connectivity index (χ0) is 22.3. The number of pyridine rings is 1. The number of halogens is 3. The van der Waals surface area contributed by atoms with Crippen molar-refractivity contribution in [1.29, 1.82) is 0 Å². The molecule has 0 aliphatic heterocycles. The van der Waals surface area contributed by atoms with Crippen LogP contribution < -0.4 is 15.4 Å². The normalized spacial score (nSPS) is 13.4. The highest BCUT2D eigenvalue weighted by molar-refractivity contribution is 5.66. The van der Waals surface area contributed by atoms with Crippen LogP contribution in [0.15, 0.2) is 36.5 Å². The molecule has 2 atom stereocenters. The lowest BCUT2D eigenvalue weighted by atomic mass is 9.96. The highest BCUT2D eigenvalue weighted by Crippen LogP contribution is 2.33. The van der Waals surface area contributed by atoms with Crippen molar-refractivity contribution in [3.8, 4) is 5.75 Å². The fourth-order valence-corrected chi connectivity index (χ4v) is 2.96. The van der Waals surface area contributed by atoms with Crippen LogP contribution in [-0.4, -0.2) is 36.1 Å². The predicted molar refractivity (Wildman–Crippen MR) is 104 cm³/mol. The molecule has 0 spiro atoms. The van der Waals surface area contributed by atoms with Gasteiger partial charge in [0, 0.05) is 30.4 Å². The minimum absolute atomic E-state index is 0.184. The molecule has 0 aliphatic carbocycles. The van der Waals surface area contributed by atoms with Gasteiger partial charge in [0.05, 0.1) is 0 Å². The van der Waals surface area contributed by atoms with Crippen LogP contribution >= 0.6 is 0 Å². The van der Waals surface area contributed by atoms with E-state index in [-0.39, 0.29) is 18.4 Å². The van der Waals surface area contributed by atoms with Crippen molar-refractivity contribution < 1.29 is 32.5 Å². The molecule has 10 heteroatoms. The third-order valence-corrected chi connectivity index (χ3v) is 4.28. The van der Waals surface area contributed by atoms with Gasteiger partial charge >= 0.3 is 12.3 Å². The molecule has 0 saturated heterocycles. The summed E-state index contributed by atoms with van der Waals surface area (Å²) in [5, 5.41) is 16.8. The first-order valence-electron chi connectivity index (χ1n) is 9.25. The first kappa shape index (κ1) is 23.4. The fraction of sp³-hybridized carbons (Fsp3) is 0.400. The van der Waals surface area contributed by atoms with Crippen molar-refractivity contribution in [2.45, 2.75) is 38.8 Å². The Hall–Kier alpha value is -2.85. The summed E-state index contributed by atoms with van der Waals surface area (Å²) in [7, 11) is 1.76. The van der Waals surface area contributed by atoms with Crippen molar-refractivity contribution in [3.05, 3.63) is 47.7 Å². The molecule has 0 bridgehead atoms. The monoisotopic (exact) mass is 427 g/mol. The summed E-state index contributed by atoms with van der Waals surface area (Å²) in [6.07, 6.45) is -3.68. The molecule has 7 nitrogen and oxygen atoms in total. The van der Waals surface area contributed by atoms with E-state index in [4.69, 9.17) is 4.74 Å². The molecule has 2 aromatic rings. The Labute approximate surface area is 172 Å². The third-order valence-electron chi connectivity index (χ3n) is 4.28. The maximum absolute atomic E-state index is 12.3. The van der Waals surface area contributed by atoms with E-state index in [1.807, 2.05) is 6.92 Å². The highest BCUT2D eigenvalue weighted by atomic mass is 19.4. The Balaban J connectivity index is 2.34. The third kappa shape index (κ3) is 6.60. The van der Waals surface area contributed by atoms with E-state index in [2.05, 4.69) is 20.4 Å². The van der Waals surface area contributed by atoms with Gasteiger partial charge in [0.25, 0.3) is 0 Å². The number of aliphatic hydroxyl groups is 1. The number of nitrogens with one attached hydrogen (secondary N) is 2. The first-order valence-corrected chi connectivity index (χ1v) is 9.25. The molecular weight excluding hydrogens is 403 g/mol. The van der Waals surface area contributed by atoms with Crippen LogP contribution in [0, 0.1) is 0 Å². The molecule has 1 aromatic heterocycles. The molecule has 0 aliphatic rings. The van der Waals surface area contributed by atoms with E-state index in [0.29, 0.717) is 29.1 Å². The van der Waals surface area contributed by atoms with E-state index in [1.54, 1.807) is 13.1 Å². The number of rotatable bonds is 9. The van der Waals surface area contributed by atoms with Crippen molar-refractivity contribution in [3.63, 3.8) is 0 Å². The van der Waals surface area contributed by atoms with E-state index in [9.17, 15) is 23.1 Å². The molecule has 0 radical (unpaired) electrons. The van der Waals surface area contributed by atoms with Crippen LogP contribution in [-0.2, 0) is 9.53 Å². The maximum atomic E-state index is 12.3. The maximum Gasteiger partial charge on any atom is 0.573 e. The lowest BCUT2D eigenvalue weighted by molar-refractivity contribution is -0.274. The summed E-state index contributed by atoms with van der Waals surface area (Å²) in [6, 6.07) is 6.67. The molecule has 1 aromatic carbocycles. The second kappa shape index (κ2) is 10.3. The summed E-state index contributed by atoms with van der Waals surface area (Å²) in [4.78, 5) is 15.4. The predicted octanol–water partition coefficient (Wildman–Crippen LogP) is 3.99. The molecule has 2 rings (SSSR count). The minimum atomic E-state index is -4.77. The van der Waals surface area contributed by atoms with E-state index >= 15 is 0 Å². The largest absolute Gasteiger partial charge is 0.573 e. The Kier molecular flexibility index (Phi) is 8.01. The van der Waals surface area contributed by atoms with Gasteiger partial charge in [-0.1, -0.05) is 6.92 Å². The summed E-state index contributed by atoms with van der Waals surface area (Å²) in [5.74, 6) is -0.432. The minimum Gasteiger partial charge on any atom is -0.463 e. The number of ether oxygens (including phenoxy) is 2. The number of anilines is 2. The van der Waals surface area contributed by atoms with Gasteiger partial charge in [-0.15, -0.1) is 13.2 Å². The fourth-order valence-electron chi connectivity index (χ4n) is 2.96. The van der Waals surface area contributed by atoms with Crippen LogP contribution in [0.5, 0.6) is 5.75 Å². The van der Waals surface area contributed by atoms with Gasteiger partial charge in [0.1, 0.15) is 24.3 Å². The van der Waals surface area contributed by atoms with Gasteiger partial charge in [0.2, 0.25) is 0 Å². The molecule has 0 amide bonds. The second-order valence-electron chi connectivity index (χ2n) is 6.43. The number of carbonyl (C=O) groups is 1. The molecule has 0 saturated carbocycles. The van der Waals surface area contributed by atoms with Crippen LogP contribution in [0.25, 0.3) is 0 Å². The molecular formula is C20H24F3N3O4. The lowest BCUT2D eigenvalue weighted by Crippen LogP contribution is -2.22. The van der Waals surface area contributed by atoms with Crippen LogP contribution in [0.3, 0.4) is 0 Å². The van der Waals surface area contributed by atoms with E-state index in [1.165, 1.54) is 37.4 Å². The molecule has 0 fully saturated rings. The van der Waals surface area contributed by atoms with Gasteiger partial charge in [-0.3, -0.25) is 4.79 Å². The van der Waals surface area contributed by atoms with E-state index < -0.39 is 18.4 Å². The molecule has 2 unspecified atom stereocenters. The standard InChI is InChI=1S/C20H24F3N3O4/c1-4-16(24-3)18-15(17(28)11-29-12(2)27)9-10-25-19(18)26-13-5-7-14(8-6-13)30-20(21,22)23/h5-10,16-17,24,28H,4,11H2,1-3H3,(H,25,26). The van der Waals surface area contributed by atoms with Gasteiger partial charge < -0.3 is 25.2 Å². The van der Waals surface area contributed by atoms with Crippen molar-refractivity contribution >= 4 is 17.5 Å². The summed E-state index contributed by atoms with van der Waals surface area (Å²) < 4.78 is 45.8. The summed E-state index contributed by atoms with van der Waals surface area (Å²) >= 11 is 0. The number of hydrogen-bond donors (Lipinski definition) is 3. The average Bonchev–Trinajstić information content (AvgIpc) is 2.68. The number of esters is 1. The quantitative estimate of drug-likeness (QED) is 0.521.